The maximum atomic E-state index is 13.4. The van der Waals surface area contributed by atoms with E-state index in [1.165, 1.54) is 4.57 Å². The normalized spacial score (nSPS) is 16.6. The molecule has 30 heavy (non-hydrogen) atoms. The van der Waals surface area contributed by atoms with Crippen molar-refractivity contribution in [1.82, 2.24) is 18.7 Å². The Bertz CT molecular complexity index is 1370. The minimum absolute atomic E-state index is 0.0730. The molecule has 0 saturated heterocycles. The van der Waals surface area contributed by atoms with Crippen molar-refractivity contribution in [3.05, 3.63) is 72.9 Å². The van der Waals surface area contributed by atoms with E-state index in [1.807, 2.05) is 37.3 Å². The molecule has 6 nitrogen and oxygen atoms in total. The highest BCUT2D eigenvalue weighted by Gasteiger charge is 2.32. The van der Waals surface area contributed by atoms with E-state index in [1.54, 1.807) is 30.0 Å². The van der Waals surface area contributed by atoms with E-state index in [4.69, 9.17) is 4.98 Å². The van der Waals surface area contributed by atoms with Gasteiger partial charge in [0.05, 0.1) is 28.2 Å². The molecular formula is C23H24N4O2S. The Morgan fingerprint density at radius 1 is 1.07 bits per heavy atom. The summed E-state index contributed by atoms with van der Waals surface area (Å²) >= 11 is 1.66. The Morgan fingerprint density at radius 2 is 1.83 bits per heavy atom. The third-order valence-corrected chi connectivity index (χ3v) is 7.22. The van der Waals surface area contributed by atoms with Crippen LogP contribution in [0.15, 0.2) is 45.3 Å². The van der Waals surface area contributed by atoms with Crippen LogP contribution in [-0.4, -0.2) is 18.7 Å². The summed E-state index contributed by atoms with van der Waals surface area (Å²) in [5, 5.41) is 3.76. The molecule has 0 amide bonds. The number of aromatic nitrogens is 4. The van der Waals surface area contributed by atoms with Crippen molar-refractivity contribution in [3.8, 4) is 11.3 Å². The monoisotopic (exact) mass is 420 g/mol. The second-order valence-corrected chi connectivity index (χ2v) is 8.95. The van der Waals surface area contributed by atoms with Gasteiger partial charge < -0.3 is 4.57 Å². The van der Waals surface area contributed by atoms with Gasteiger partial charge in [-0.25, -0.2) is 9.78 Å². The van der Waals surface area contributed by atoms with Crippen LogP contribution in [-0.2, 0) is 20.6 Å². The molecule has 154 valence electrons. The molecule has 4 heterocycles. The van der Waals surface area contributed by atoms with Gasteiger partial charge in [0, 0.05) is 31.7 Å². The molecule has 7 heteroatoms. The second kappa shape index (κ2) is 7.09. The Kier molecular flexibility index (Phi) is 4.50. The average molecular weight is 421 g/mol. The molecule has 1 aliphatic rings. The van der Waals surface area contributed by atoms with Crippen LogP contribution in [0.4, 0.5) is 0 Å². The molecule has 0 N–H and O–H groups in total. The first-order chi connectivity index (χ1) is 14.5. The summed E-state index contributed by atoms with van der Waals surface area (Å²) in [5.41, 5.74) is 4.20. The summed E-state index contributed by atoms with van der Waals surface area (Å²) in [7, 11) is 3.33. The Balaban J connectivity index is 1.98. The number of rotatable bonds is 2. The molecule has 5 rings (SSSR count). The van der Waals surface area contributed by atoms with Crippen LogP contribution in [0.25, 0.3) is 22.2 Å². The smallest absolute Gasteiger partial charge is 0.331 e. The highest BCUT2D eigenvalue weighted by atomic mass is 32.1. The molecule has 0 fully saturated rings. The maximum Gasteiger partial charge on any atom is 0.331 e. The summed E-state index contributed by atoms with van der Waals surface area (Å²) in [6.45, 7) is 2.83. The molecule has 3 aromatic heterocycles. The first kappa shape index (κ1) is 19.1. The summed E-state index contributed by atoms with van der Waals surface area (Å²) in [6.07, 6.45) is 3.08. The zero-order chi connectivity index (χ0) is 21.0. The Hall–Kier alpha value is -2.93. The topological polar surface area (TPSA) is 61.8 Å². The number of thiazole rings is 1. The third kappa shape index (κ3) is 2.72. The van der Waals surface area contributed by atoms with Crippen molar-refractivity contribution >= 4 is 22.2 Å². The summed E-state index contributed by atoms with van der Waals surface area (Å²) in [6, 6.07) is 10.0. The lowest BCUT2D eigenvalue weighted by Crippen LogP contribution is -2.37. The van der Waals surface area contributed by atoms with E-state index in [9.17, 15) is 9.59 Å². The van der Waals surface area contributed by atoms with Gasteiger partial charge in [-0.1, -0.05) is 36.8 Å². The van der Waals surface area contributed by atoms with Gasteiger partial charge in [-0.3, -0.25) is 13.9 Å². The summed E-state index contributed by atoms with van der Waals surface area (Å²) in [5.74, 6) is 0.0730. The maximum absolute atomic E-state index is 13.4. The van der Waals surface area contributed by atoms with Crippen molar-refractivity contribution in [1.29, 1.82) is 0 Å². The summed E-state index contributed by atoms with van der Waals surface area (Å²) < 4.78 is 5.15. The Labute approximate surface area is 178 Å². The van der Waals surface area contributed by atoms with E-state index in [-0.39, 0.29) is 17.2 Å². The number of hydrogen-bond acceptors (Lipinski definition) is 4. The van der Waals surface area contributed by atoms with Gasteiger partial charge in [0.2, 0.25) is 0 Å². The lowest BCUT2D eigenvalue weighted by Gasteiger charge is -2.16. The number of hydrogen-bond donors (Lipinski definition) is 0. The predicted octanol–water partition coefficient (Wildman–Crippen LogP) is 3.79. The van der Waals surface area contributed by atoms with Crippen molar-refractivity contribution in [2.45, 2.75) is 38.6 Å². The number of fused-ring (bicyclic) bond motifs is 3. The first-order valence-electron chi connectivity index (χ1n) is 10.3. The van der Waals surface area contributed by atoms with Gasteiger partial charge in [-0.2, -0.15) is 0 Å². The van der Waals surface area contributed by atoms with Gasteiger partial charge in [-0.05, 0) is 25.3 Å². The fraction of sp³-hybridized carbons (Fsp3) is 0.348. The molecule has 1 atom stereocenters. The van der Waals surface area contributed by atoms with E-state index < -0.39 is 0 Å². The Morgan fingerprint density at radius 3 is 2.53 bits per heavy atom. The zero-order valence-corrected chi connectivity index (χ0v) is 18.2. The molecule has 1 unspecified atom stereocenters. The highest BCUT2D eigenvalue weighted by molar-refractivity contribution is 7.09. The first-order valence-corrected chi connectivity index (χ1v) is 11.2. The van der Waals surface area contributed by atoms with E-state index in [0.717, 1.165) is 59.0 Å². The molecule has 1 aliphatic heterocycles. The van der Waals surface area contributed by atoms with Crippen LogP contribution in [0.3, 0.4) is 0 Å². The van der Waals surface area contributed by atoms with Gasteiger partial charge in [0.25, 0.3) is 5.56 Å². The van der Waals surface area contributed by atoms with Crippen LogP contribution in [0.2, 0.25) is 0 Å². The van der Waals surface area contributed by atoms with Crippen molar-refractivity contribution in [2.24, 2.45) is 14.1 Å². The number of nitrogens with zero attached hydrogens (tertiary/aromatic N) is 4. The van der Waals surface area contributed by atoms with Crippen LogP contribution >= 0.6 is 11.3 Å². The van der Waals surface area contributed by atoms with Gasteiger partial charge in [0.15, 0.2) is 0 Å². The molecule has 0 saturated carbocycles. The third-order valence-electron chi connectivity index (χ3n) is 6.14. The SMILES string of the molecule is Cc1csc(C2CCCCn3c(-c4ccccc4)c4c(=O)n(C)c(=O)n(C)c4c32)n1. The van der Waals surface area contributed by atoms with E-state index >= 15 is 0 Å². The fourth-order valence-electron chi connectivity index (χ4n) is 4.75. The zero-order valence-electron chi connectivity index (χ0n) is 17.4. The molecule has 0 bridgehead atoms. The molecule has 1 aromatic carbocycles. The minimum Gasteiger partial charge on any atom is -0.341 e. The molecule has 0 spiro atoms. The van der Waals surface area contributed by atoms with Gasteiger partial charge in [-0.15, -0.1) is 11.3 Å². The largest absolute Gasteiger partial charge is 0.341 e. The summed E-state index contributed by atoms with van der Waals surface area (Å²) in [4.78, 5) is 31.0. The van der Waals surface area contributed by atoms with E-state index in [2.05, 4.69) is 9.95 Å². The van der Waals surface area contributed by atoms with Crippen molar-refractivity contribution in [2.75, 3.05) is 0 Å². The lowest BCUT2D eigenvalue weighted by molar-refractivity contribution is 0.633. The molecule has 4 aromatic rings. The van der Waals surface area contributed by atoms with Gasteiger partial charge in [0.1, 0.15) is 5.01 Å². The lowest BCUT2D eigenvalue weighted by atomic mass is 9.99. The molecule has 0 aliphatic carbocycles. The van der Waals surface area contributed by atoms with Crippen LogP contribution < -0.4 is 11.2 Å². The molecule has 0 radical (unpaired) electrons. The van der Waals surface area contributed by atoms with Crippen LogP contribution in [0.5, 0.6) is 0 Å². The fourth-order valence-corrected chi connectivity index (χ4v) is 5.68. The van der Waals surface area contributed by atoms with Gasteiger partial charge >= 0.3 is 5.69 Å². The standard InChI is InChI=1S/C23H24N4O2S/c1-14-13-30-21(24-14)16-11-7-8-12-27-18(15-9-5-4-6-10-15)17-20(19(16)27)25(2)23(29)26(3)22(17)28/h4-6,9-10,13,16H,7-8,11-12H2,1-3H3. The number of benzene rings is 1. The van der Waals surface area contributed by atoms with E-state index in [0.29, 0.717) is 5.39 Å². The van der Waals surface area contributed by atoms with Crippen molar-refractivity contribution in [3.63, 3.8) is 0 Å². The average Bonchev–Trinajstić information content (AvgIpc) is 3.26. The minimum atomic E-state index is -0.293. The van der Waals surface area contributed by atoms with Crippen molar-refractivity contribution < 1.29 is 0 Å². The van der Waals surface area contributed by atoms with Crippen LogP contribution in [0.1, 0.15) is 41.6 Å². The molecular weight excluding hydrogens is 396 g/mol. The quantitative estimate of drug-likeness (QED) is 0.496. The predicted molar refractivity (Wildman–Crippen MR) is 120 cm³/mol. The van der Waals surface area contributed by atoms with Crippen LogP contribution in [0, 0.1) is 6.92 Å². The second-order valence-electron chi connectivity index (χ2n) is 8.06. The number of aryl methyl sites for hydroxylation is 2. The highest BCUT2D eigenvalue weighted by Crippen LogP contribution is 2.42.